The third-order valence-electron chi connectivity index (χ3n) is 12.1. The molecule has 0 heterocycles. The van der Waals surface area contributed by atoms with Crippen molar-refractivity contribution in [2.45, 2.75) is 154 Å². The zero-order valence-corrected chi connectivity index (χ0v) is 29.4. The summed E-state index contributed by atoms with van der Waals surface area (Å²) in [4.78, 5) is 39.3. The van der Waals surface area contributed by atoms with E-state index in [1.165, 1.54) is 64.7 Å². The number of unbranched alkanes of at least 4 members (excludes halogenated alkanes) is 12. The number of aliphatic hydroxyl groups is 4. The van der Waals surface area contributed by atoms with Crippen molar-refractivity contribution in [1.82, 2.24) is 0 Å². The van der Waals surface area contributed by atoms with Crippen molar-refractivity contribution in [1.29, 1.82) is 0 Å². The lowest BCUT2D eigenvalue weighted by molar-refractivity contribution is -0.228. The van der Waals surface area contributed by atoms with Crippen LogP contribution in [0.5, 0.6) is 0 Å². The molecule has 0 aliphatic heterocycles. The Balaban J connectivity index is 1.46. The maximum Gasteiger partial charge on any atom is 0.306 e. The highest BCUT2D eigenvalue weighted by Gasteiger charge is 2.89. The van der Waals surface area contributed by atoms with Gasteiger partial charge in [-0.05, 0) is 24.5 Å². The molecule has 4 N–H and O–H groups in total. The highest BCUT2D eigenvalue weighted by atomic mass is 16.6. The first-order valence-corrected chi connectivity index (χ1v) is 18.3. The molecule has 9 atom stereocenters. The molecule has 9 nitrogen and oxygen atoms in total. The van der Waals surface area contributed by atoms with E-state index in [1.54, 1.807) is 32.9 Å². The van der Waals surface area contributed by atoms with Crippen molar-refractivity contribution >= 4 is 17.7 Å². The Bertz CT molecular complexity index is 1210. The van der Waals surface area contributed by atoms with E-state index >= 15 is 0 Å². The van der Waals surface area contributed by atoms with Crippen LogP contribution in [-0.4, -0.2) is 74.3 Å². The molecule has 0 aromatic carbocycles. The second-order valence-corrected chi connectivity index (χ2v) is 15.3. The SMILES string of the molecule is CCCCCCCCCCCCCCCC(=O)OC1[C@@H](C)[C@@]2(O)[C@@H](C=C(CO)C[C@]3(O)C(=O)C(C)=C[C@@H]23)[C@@H]2[C@@](C)(CO)[C@]12OC(C)=O. The maximum absolute atomic E-state index is 13.4. The van der Waals surface area contributed by atoms with Gasteiger partial charge < -0.3 is 29.9 Å². The second-order valence-electron chi connectivity index (χ2n) is 15.3. The maximum atomic E-state index is 13.4. The first-order chi connectivity index (χ1) is 22.3. The molecule has 4 rings (SSSR count). The average Bonchev–Trinajstić information content (AvgIpc) is 3.51. The molecule has 4 aliphatic rings. The van der Waals surface area contributed by atoms with Crippen LogP contribution in [-0.2, 0) is 23.9 Å². The van der Waals surface area contributed by atoms with Gasteiger partial charge in [0.2, 0.25) is 0 Å². The highest BCUT2D eigenvalue weighted by Crippen LogP contribution is 2.77. The Morgan fingerprint density at radius 1 is 0.915 bits per heavy atom. The fourth-order valence-electron chi connectivity index (χ4n) is 9.57. The van der Waals surface area contributed by atoms with Gasteiger partial charge in [0.05, 0.1) is 18.8 Å². The number of fused-ring (bicyclic) bond motifs is 5. The summed E-state index contributed by atoms with van der Waals surface area (Å²) >= 11 is 0. The summed E-state index contributed by atoms with van der Waals surface area (Å²) in [5.41, 5.74) is -5.65. The van der Waals surface area contributed by atoms with E-state index in [4.69, 9.17) is 9.47 Å². The molecule has 0 bridgehead atoms. The van der Waals surface area contributed by atoms with Crippen LogP contribution < -0.4 is 0 Å². The Morgan fingerprint density at radius 2 is 1.47 bits per heavy atom. The van der Waals surface area contributed by atoms with E-state index in [9.17, 15) is 34.8 Å². The number of esters is 2. The predicted molar refractivity (Wildman–Crippen MR) is 178 cm³/mol. The minimum absolute atomic E-state index is 0.166. The Labute approximate surface area is 281 Å². The van der Waals surface area contributed by atoms with Crippen LogP contribution in [0, 0.1) is 29.1 Å². The Morgan fingerprint density at radius 3 is 1.98 bits per heavy atom. The first-order valence-electron chi connectivity index (χ1n) is 18.3. The van der Waals surface area contributed by atoms with Gasteiger partial charge in [-0.1, -0.05) is 110 Å². The van der Waals surface area contributed by atoms with Crippen molar-refractivity contribution in [3.63, 3.8) is 0 Å². The number of hydrogen-bond donors (Lipinski definition) is 4. The molecular weight excluding hydrogens is 600 g/mol. The molecule has 0 spiro atoms. The van der Waals surface area contributed by atoms with E-state index in [1.807, 2.05) is 0 Å². The van der Waals surface area contributed by atoms with Crippen LogP contribution in [0.2, 0.25) is 0 Å². The van der Waals surface area contributed by atoms with Crippen molar-refractivity contribution < 1.29 is 44.3 Å². The van der Waals surface area contributed by atoms with Gasteiger partial charge in [0.15, 0.2) is 11.4 Å². The predicted octanol–water partition coefficient (Wildman–Crippen LogP) is 5.51. The second kappa shape index (κ2) is 15.2. The summed E-state index contributed by atoms with van der Waals surface area (Å²) in [5.74, 6) is -5.10. The summed E-state index contributed by atoms with van der Waals surface area (Å²) in [6.07, 6.45) is 17.5. The monoisotopic (exact) mass is 660 g/mol. The molecule has 0 saturated heterocycles. The molecule has 47 heavy (non-hydrogen) atoms. The van der Waals surface area contributed by atoms with E-state index in [0.717, 1.165) is 19.3 Å². The van der Waals surface area contributed by atoms with Crippen LogP contribution in [0.3, 0.4) is 0 Å². The molecule has 0 amide bonds. The molecule has 0 aromatic rings. The lowest BCUT2D eigenvalue weighted by Gasteiger charge is -2.53. The summed E-state index contributed by atoms with van der Waals surface area (Å²) in [6.45, 7) is 7.68. The number of carbonyl (C=O) groups excluding carboxylic acids is 3. The van der Waals surface area contributed by atoms with Crippen molar-refractivity contribution in [3.8, 4) is 0 Å². The largest absolute Gasteiger partial charge is 0.458 e. The molecule has 4 aliphatic carbocycles. The molecular formula is C38H60O9. The number of ether oxygens (including phenoxy) is 2. The Kier molecular flexibility index (Phi) is 12.2. The van der Waals surface area contributed by atoms with E-state index in [-0.39, 0.29) is 12.8 Å². The Hall–Kier alpha value is -2.07. The van der Waals surface area contributed by atoms with Gasteiger partial charge >= 0.3 is 11.9 Å². The van der Waals surface area contributed by atoms with Crippen LogP contribution in [0.25, 0.3) is 0 Å². The number of carbonyl (C=O) groups is 3. The van der Waals surface area contributed by atoms with Crippen molar-refractivity contribution in [3.05, 3.63) is 23.3 Å². The van der Waals surface area contributed by atoms with Gasteiger partial charge in [-0.3, -0.25) is 14.4 Å². The summed E-state index contributed by atoms with van der Waals surface area (Å²) < 4.78 is 12.2. The van der Waals surface area contributed by atoms with Crippen LogP contribution in [0.15, 0.2) is 23.3 Å². The fraction of sp³-hybridized carbons (Fsp3) is 0.816. The highest BCUT2D eigenvalue weighted by molar-refractivity contribution is 6.04. The van der Waals surface area contributed by atoms with Gasteiger partial charge in [0, 0.05) is 48.9 Å². The van der Waals surface area contributed by atoms with Gasteiger partial charge in [-0.15, -0.1) is 0 Å². The van der Waals surface area contributed by atoms with E-state index in [0.29, 0.717) is 17.6 Å². The summed E-state index contributed by atoms with van der Waals surface area (Å²) in [7, 11) is 0. The van der Waals surface area contributed by atoms with Crippen LogP contribution >= 0.6 is 0 Å². The fourth-order valence-corrected chi connectivity index (χ4v) is 9.57. The summed E-state index contributed by atoms with van der Waals surface area (Å²) in [6, 6.07) is 0. The molecule has 0 radical (unpaired) electrons. The standard InChI is InChI=1S/C38H60O9/c1-6-7-8-9-10-11-12-13-14-15-16-17-18-19-31(42)46-34-26(3)37(45)29(32-35(5,24-40)38(32,34)47-27(4)41)21-28(23-39)22-36(44)30(37)20-25(2)33(36)43/h20-21,26,29-30,32,34,39-40,44-45H,6-19,22-24H2,1-5H3/t26-,29+,30-,32-,34?,35-,36-,37-,38-/m1/s1. The molecule has 9 heteroatoms. The molecule has 2 fully saturated rings. The minimum atomic E-state index is -1.99. The van der Waals surface area contributed by atoms with Gasteiger partial charge in [-0.25, -0.2) is 0 Å². The third-order valence-corrected chi connectivity index (χ3v) is 12.1. The van der Waals surface area contributed by atoms with E-state index in [2.05, 4.69) is 6.92 Å². The third kappa shape index (κ3) is 6.75. The smallest absolute Gasteiger partial charge is 0.306 e. The topological polar surface area (TPSA) is 151 Å². The number of Topliss-reactive ketones (excluding diaryl/α,β-unsaturated/α-hetero) is 1. The molecule has 1 unspecified atom stereocenters. The van der Waals surface area contributed by atoms with Gasteiger partial charge in [-0.2, -0.15) is 0 Å². The quantitative estimate of drug-likeness (QED) is 0.0848. The number of aliphatic hydroxyl groups excluding tert-OH is 2. The first kappa shape index (κ1) is 37.7. The van der Waals surface area contributed by atoms with Gasteiger partial charge in [0.1, 0.15) is 11.7 Å². The van der Waals surface area contributed by atoms with E-state index < -0.39 is 82.9 Å². The zero-order valence-electron chi connectivity index (χ0n) is 29.4. The number of ketones is 1. The number of hydrogen-bond acceptors (Lipinski definition) is 9. The molecule has 266 valence electrons. The molecule has 2 saturated carbocycles. The van der Waals surface area contributed by atoms with Crippen LogP contribution in [0.4, 0.5) is 0 Å². The van der Waals surface area contributed by atoms with Crippen molar-refractivity contribution in [2.75, 3.05) is 13.2 Å². The summed E-state index contributed by atoms with van der Waals surface area (Å²) in [5, 5.41) is 45.6. The minimum Gasteiger partial charge on any atom is -0.458 e. The lowest BCUT2D eigenvalue weighted by Crippen LogP contribution is -2.66. The number of rotatable bonds is 18. The molecule has 0 aromatic heterocycles. The van der Waals surface area contributed by atoms with Crippen molar-refractivity contribution in [2.24, 2.45) is 29.1 Å². The average molecular weight is 661 g/mol. The lowest BCUT2D eigenvalue weighted by atomic mass is 9.59. The normalized spacial score (nSPS) is 37.2. The van der Waals surface area contributed by atoms with Crippen LogP contribution in [0.1, 0.15) is 131 Å². The van der Waals surface area contributed by atoms with Gasteiger partial charge in [0.25, 0.3) is 0 Å². The zero-order chi connectivity index (χ0) is 34.6.